The van der Waals surface area contributed by atoms with Gasteiger partial charge in [0, 0.05) is 23.7 Å². The van der Waals surface area contributed by atoms with Crippen molar-refractivity contribution >= 4 is 50.9 Å². The third-order valence-corrected chi connectivity index (χ3v) is 7.63. The summed E-state index contributed by atoms with van der Waals surface area (Å²) >= 11 is 7.61. The molecule has 0 heterocycles. The van der Waals surface area contributed by atoms with E-state index in [1.807, 2.05) is 30.3 Å². The monoisotopic (exact) mass is 484 g/mol. The zero-order valence-electron chi connectivity index (χ0n) is 17.3. The maximum Gasteiger partial charge on any atom is 0.307 e. The zero-order valence-corrected chi connectivity index (χ0v) is 19.7. The molecule has 0 bridgehead atoms. The second-order valence-corrected chi connectivity index (χ2v) is 9.86. The predicted octanol–water partition coefficient (Wildman–Crippen LogP) is 4.03. The van der Waals surface area contributed by atoms with Crippen LogP contribution in [0.4, 0.5) is 5.69 Å². The smallest absolute Gasteiger partial charge is 0.307 e. The van der Waals surface area contributed by atoms with Crippen molar-refractivity contribution in [1.29, 1.82) is 0 Å². The predicted molar refractivity (Wildman–Crippen MR) is 123 cm³/mol. The van der Waals surface area contributed by atoms with Gasteiger partial charge in [0.2, 0.25) is 10.0 Å². The Balaban J connectivity index is 1.89. The first-order valence-corrected chi connectivity index (χ1v) is 12.5. The van der Waals surface area contributed by atoms with Gasteiger partial charge in [0.25, 0.3) is 5.91 Å². The van der Waals surface area contributed by atoms with Crippen molar-refractivity contribution in [2.45, 2.75) is 30.1 Å². The van der Waals surface area contributed by atoms with Crippen LogP contribution in [-0.4, -0.2) is 50.0 Å². The van der Waals surface area contributed by atoms with Crippen LogP contribution >= 0.6 is 23.4 Å². The second kappa shape index (κ2) is 12.1. The molecule has 2 rings (SSSR count). The SMILES string of the molecule is CCN(CC)S(=O)(=O)c1ccc(Cl)c(NC(=O)COC(=O)CCSc2ccccc2)c1. The first kappa shape index (κ1) is 25.2. The van der Waals surface area contributed by atoms with E-state index in [1.54, 1.807) is 13.8 Å². The molecule has 31 heavy (non-hydrogen) atoms. The lowest BCUT2D eigenvalue weighted by Gasteiger charge is -2.19. The summed E-state index contributed by atoms with van der Waals surface area (Å²) in [5.74, 6) is -0.576. The average Bonchev–Trinajstić information content (AvgIpc) is 2.75. The number of thioether (sulfide) groups is 1. The van der Waals surface area contributed by atoms with Gasteiger partial charge in [-0.25, -0.2) is 8.42 Å². The van der Waals surface area contributed by atoms with Gasteiger partial charge in [0.05, 0.1) is 22.0 Å². The maximum atomic E-state index is 12.7. The highest BCUT2D eigenvalue weighted by atomic mass is 35.5. The van der Waals surface area contributed by atoms with Crippen LogP contribution < -0.4 is 5.32 Å². The molecule has 2 aromatic carbocycles. The highest BCUT2D eigenvalue weighted by Gasteiger charge is 2.23. The molecule has 1 N–H and O–H groups in total. The van der Waals surface area contributed by atoms with Crippen LogP contribution in [0, 0.1) is 0 Å². The maximum absolute atomic E-state index is 12.7. The first-order valence-electron chi connectivity index (χ1n) is 9.71. The number of esters is 1. The molecular formula is C21H25ClN2O5S2. The molecule has 0 aliphatic heterocycles. The van der Waals surface area contributed by atoms with Gasteiger partial charge in [0.1, 0.15) is 0 Å². The van der Waals surface area contributed by atoms with Gasteiger partial charge in [-0.3, -0.25) is 9.59 Å². The van der Waals surface area contributed by atoms with E-state index in [0.717, 1.165) is 4.90 Å². The highest BCUT2D eigenvalue weighted by Crippen LogP contribution is 2.27. The molecule has 7 nitrogen and oxygen atoms in total. The molecule has 0 aliphatic carbocycles. The zero-order chi connectivity index (χ0) is 22.9. The van der Waals surface area contributed by atoms with E-state index in [9.17, 15) is 18.0 Å². The number of rotatable bonds is 11. The van der Waals surface area contributed by atoms with Crippen LogP contribution in [0.15, 0.2) is 58.3 Å². The van der Waals surface area contributed by atoms with Crippen LogP contribution in [0.3, 0.4) is 0 Å². The van der Waals surface area contributed by atoms with E-state index >= 15 is 0 Å². The minimum Gasteiger partial charge on any atom is -0.456 e. The van der Waals surface area contributed by atoms with Crippen LogP contribution in [0.5, 0.6) is 0 Å². The molecular weight excluding hydrogens is 460 g/mol. The quantitative estimate of drug-likeness (QED) is 0.382. The number of nitrogens with one attached hydrogen (secondary N) is 1. The van der Waals surface area contributed by atoms with E-state index in [-0.39, 0.29) is 22.0 Å². The molecule has 1 amide bonds. The fourth-order valence-electron chi connectivity index (χ4n) is 2.65. The summed E-state index contributed by atoms with van der Waals surface area (Å²) in [6.45, 7) is 3.64. The van der Waals surface area contributed by atoms with Gasteiger partial charge in [-0.05, 0) is 30.3 Å². The molecule has 0 radical (unpaired) electrons. The van der Waals surface area contributed by atoms with Crippen molar-refractivity contribution < 1.29 is 22.7 Å². The summed E-state index contributed by atoms with van der Waals surface area (Å²) < 4.78 is 31.6. The molecule has 0 spiro atoms. The number of sulfonamides is 1. The number of hydrogen-bond acceptors (Lipinski definition) is 6. The number of carbonyl (C=O) groups is 2. The van der Waals surface area contributed by atoms with E-state index < -0.39 is 28.5 Å². The van der Waals surface area contributed by atoms with Crippen molar-refractivity contribution in [2.75, 3.05) is 30.8 Å². The average molecular weight is 485 g/mol. The molecule has 10 heteroatoms. The third-order valence-electron chi connectivity index (χ3n) is 4.24. The second-order valence-electron chi connectivity index (χ2n) is 6.35. The topological polar surface area (TPSA) is 92.8 Å². The summed E-state index contributed by atoms with van der Waals surface area (Å²) in [7, 11) is -3.70. The fraction of sp³-hybridized carbons (Fsp3) is 0.333. The lowest BCUT2D eigenvalue weighted by Crippen LogP contribution is -2.30. The normalized spacial score (nSPS) is 11.4. The molecule has 0 unspecified atom stereocenters. The summed E-state index contributed by atoms with van der Waals surface area (Å²) in [6, 6.07) is 13.7. The number of amides is 1. The van der Waals surface area contributed by atoms with Crippen LogP contribution in [0.2, 0.25) is 5.02 Å². The largest absolute Gasteiger partial charge is 0.456 e. The van der Waals surface area contributed by atoms with Crippen LogP contribution in [-0.2, 0) is 24.3 Å². The highest BCUT2D eigenvalue weighted by molar-refractivity contribution is 7.99. The third kappa shape index (κ3) is 7.53. The van der Waals surface area contributed by atoms with E-state index in [2.05, 4.69) is 5.32 Å². The number of nitrogens with zero attached hydrogens (tertiary/aromatic N) is 1. The van der Waals surface area contributed by atoms with Gasteiger partial charge in [-0.2, -0.15) is 4.31 Å². The number of carbonyl (C=O) groups excluding carboxylic acids is 2. The van der Waals surface area contributed by atoms with Crippen molar-refractivity contribution in [2.24, 2.45) is 0 Å². The Morgan fingerprint density at radius 1 is 1.10 bits per heavy atom. The van der Waals surface area contributed by atoms with E-state index in [4.69, 9.17) is 16.3 Å². The Bertz CT molecular complexity index is 996. The lowest BCUT2D eigenvalue weighted by molar-refractivity contribution is -0.146. The Hall–Kier alpha value is -2.07. The van der Waals surface area contributed by atoms with Crippen molar-refractivity contribution in [3.05, 3.63) is 53.6 Å². The van der Waals surface area contributed by atoms with Crippen molar-refractivity contribution in [3.8, 4) is 0 Å². The minimum absolute atomic E-state index is 0.0193. The number of anilines is 1. The molecule has 0 aliphatic rings. The molecule has 0 aromatic heterocycles. The van der Waals surface area contributed by atoms with Gasteiger partial charge < -0.3 is 10.1 Å². The number of hydrogen-bond donors (Lipinski definition) is 1. The molecule has 0 saturated carbocycles. The van der Waals surface area contributed by atoms with Crippen molar-refractivity contribution in [3.63, 3.8) is 0 Å². The molecule has 0 fully saturated rings. The number of halogens is 1. The van der Waals surface area contributed by atoms with E-state index in [0.29, 0.717) is 18.8 Å². The van der Waals surface area contributed by atoms with Gasteiger partial charge in [0.15, 0.2) is 6.61 Å². The number of ether oxygens (including phenoxy) is 1. The van der Waals surface area contributed by atoms with Gasteiger partial charge >= 0.3 is 5.97 Å². The minimum atomic E-state index is -3.70. The summed E-state index contributed by atoms with van der Waals surface area (Å²) in [5.41, 5.74) is 0.135. The molecule has 168 valence electrons. The van der Waals surface area contributed by atoms with Crippen molar-refractivity contribution in [1.82, 2.24) is 4.31 Å². The molecule has 2 aromatic rings. The van der Waals surface area contributed by atoms with Gasteiger partial charge in [-0.15, -0.1) is 11.8 Å². The molecule has 0 atom stereocenters. The van der Waals surface area contributed by atoms with E-state index in [1.165, 1.54) is 34.3 Å². The van der Waals surface area contributed by atoms with Crippen LogP contribution in [0.1, 0.15) is 20.3 Å². The molecule has 0 saturated heterocycles. The van der Waals surface area contributed by atoms with Crippen LogP contribution in [0.25, 0.3) is 0 Å². The summed E-state index contributed by atoms with van der Waals surface area (Å²) in [5, 5.41) is 2.68. The fourth-order valence-corrected chi connectivity index (χ4v) is 5.15. The Kier molecular flexibility index (Phi) is 9.83. The lowest BCUT2D eigenvalue weighted by atomic mass is 10.3. The number of benzene rings is 2. The first-order chi connectivity index (χ1) is 14.8. The Morgan fingerprint density at radius 2 is 1.77 bits per heavy atom. The Labute approximate surface area is 192 Å². The summed E-state index contributed by atoms with van der Waals surface area (Å²) in [6.07, 6.45) is 0.158. The summed E-state index contributed by atoms with van der Waals surface area (Å²) in [4.78, 5) is 25.1. The van der Waals surface area contributed by atoms with Gasteiger partial charge in [-0.1, -0.05) is 43.6 Å². The standard InChI is InChI=1S/C21H25ClN2O5S2/c1-3-24(4-2)31(27,28)17-10-11-18(22)19(14-17)23-20(25)15-29-21(26)12-13-30-16-8-6-5-7-9-16/h5-11,14H,3-4,12-13,15H2,1-2H3,(H,23,25). The Morgan fingerprint density at radius 3 is 2.42 bits per heavy atom.